The van der Waals surface area contributed by atoms with Crippen molar-refractivity contribution in [1.82, 2.24) is 14.5 Å². The summed E-state index contributed by atoms with van der Waals surface area (Å²) in [6.45, 7) is 2.17. The number of nitrogens with zero attached hydrogens (tertiary/aromatic N) is 3. The van der Waals surface area contributed by atoms with Gasteiger partial charge in [0.15, 0.2) is 0 Å². The molecule has 0 spiro atoms. The Morgan fingerprint density at radius 1 is 1.50 bits per heavy atom. The average Bonchev–Trinajstić information content (AvgIpc) is 2.79. The summed E-state index contributed by atoms with van der Waals surface area (Å²) in [4.78, 5) is 13.2. The maximum Gasteiger partial charge on any atom is 0.252 e. The van der Waals surface area contributed by atoms with Crippen molar-refractivity contribution in [3.8, 4) is 5.75 Å². The number of hydrogen-bond acceptors (Lipinski definition) is 4. The standard InChI is InChI=1S/C13H15FN4O2/c14-9-6-17(7-9)3-4-20-10-1-2-12-11(13(15)19)5-16-18(12)8-10/h1-2,5,8-9H,3-4,6-7H2,(H2,15,19). The van der Waals surface area contributed by atoms with Gasteiger partial charge in [0.05, 0.1) is 23.5 Å². The van der Waals surface area contributed by atoms with Gasteiger partial charge in [-0.1, -0.05) is 0 Å². The van der Waals surface area contributed by atoms with Gasteiger partial charge < -0.3 is 10.5 Å². The molecule has 0 aliphatic carbocycles. The predicted molar refractivity (Wildman–Crippen MR) is 70.5 cm³/mol. The number of rotatable bonds is 5. The zero-order valence-electron chi connectivity index (χ0n) is 10.8. The second-order valence-electron chi connectivity index (χ2n) is 4.82. The fourth-order valence-corrected chi connectivity index (χ4v) is 2.22. The normalized spacial score (nSPS) is 16.2. The van der Waals surface area contributed by atoms with E-state index in [1.165, 1.54) is 6.20 Å². The third-order valence-corrected chi connectivity index (χ3v) is 3.34. The number of amides is 1. The van der Waals surface area contributed by atoms with Crippen LogP contribution in [-0.4, -0.2) is 52.8 Å². The van der Waals surface area contributed by atoms with Crippen molar-refractivity contribution in [2.45, 2.75) is 6.17 Å². The molecule has 0 aromatic carbocycles. The Morgan fingerprint density at radius 2 is 2.30 bits per heavy atom. The predicted octanol–water partition coefficient (Wildman–Crippen LogP) is 0.466. The maximum absolute atomic E-state index is 12.6. The maximum atomic E-state index is 12.6. The van der Waals surface area contributed by atoms with E-state index in [9.17, 15) is 9.18 Å². The Hall–Kier alpha value is -2.15. The van der Waals surface area contributed by atoms with Crippen LogP contribution in [0.3, 0.4) is 0 Å². The van der Waals surface area contributed by atoms with E-state index in [1.807, 2.05) is 4.90 Å². The molecule has 3 heterocycles. The van der Waals surface area contributed by atoms with E-state index in [0.29, 0.717) is 43.1 Å². The fraction of sp³-hybridized carbons (Fsp3) is 0.385. The molecule has 3 rings (SSSR count). The molecule has 6 nitrogen and oxygen atoms in total. The number of ether oxygens (including phenoxy) is 1. The molecular weight excluding hydrogens is 263 g/mol. The van der Waals surface area contributed by atoms with Crippen molar-refractivity contribution >= 4 is 11.4 Å². The number of fused-ring (bicyclic) bond motifs is 1. The minimum atomic E-state index is -0.692. The van der Waals surface area contributed by atoms with E-state index in [-0.39, 0.29) is 0 Å². The largest absolute Gasteiger partial charge is 0.491 e. The Kier molecular flexibility index (Phi) is 3.27. The molecule has 1 aliphatic heterocycles. The van der Waals surface area contributed by atoms with Gasteiger partial charge in [-0.3, -0.25) is 9.69 Å². The number of carbonyl (C=O) groups is 1. The topological polar surface area (TPSA) is 72.9 Å². The molecule has 106 valence electrons. The molecule has 20 heavy (non-hydrogen) atoms. The minimum Gasteiger partial charge on any atom is -0.491 e. The molecule has 0 unspecified atom stereocenters. The van der Waals surface area contributed by atoms with Crippen LogP contribution in [0.25, 0.3) is 5.52 Å². The Morgan fingerprint density at radius 3 is 3.00 bits per heavy atom. The third-order valence-electron chi connectivity index (χ3n) is 3.34. The summed E-state index contributed by atoms with van der Waals surface area (Å²) in [7, 11) is 0. The molecule has 0 atom stereocenters. The van der Waals surface area contributed by atoms with E-state index in [2.05, 4.69) is 5.10 Å². The first kappa shape index (κ1) is 12.9. The molecule has 0 saturated carbocycles. The first-order chi connectivity index (χ1) is 9.63. The van der Waals surface area contributed by atoms with E-state index in [1.54, 1.807) is 22.8 Å². The highest BCUT2D eigenvalue weighted by atomic mass is 19.1. The number of hydrogen-bond donors (Lipinski definition) is 1. The molecule has 1 aliphatic rings. The Labute approximate surface area is 114 Å². The van der Waals surface area contributed by atoms with Gasteiger partial charge in [-0.05, 0) is 12.1 Å². The van der Waals surface area contributed by atoms with Crippen molar-refractivity contribution < 1.29 is 13.9 Å². The highest BCUT2D eigenvalue weighted by molar-refractivity contribution is 5.99. The summed E-state index contributed by atoms with van der Waals surface area (Å²) in [6.07, 6.45) is 2.43. The average molecular weight is 278 g/mol. The van der Waals surface area contributed by atoms with Gasteiger partial charge >= 0.3 is 0 Å². The molecule has 1 fully saturated rings. The summed E-state index contributed by atoms with van der Waals surface area (Å²) in [5, 5.41) is 4.06. The Balaban J connectivity index is 1.62. The number of alkyl halides is 1. The van der Waals surface area contributed by atoms with E-state index < -0.39 is 12.1 Å². The zero-order valence-corrected chi connectivity index (χ0v) is 10.8. The molecule has 2 aromatic rings. The van der Waals surface area contributed by atoms with Gasteiger partial charge in [-0.2, -0.15) is 5.10 Å². The van der Waals surface area contributed by atoms with Crippen molar-refractivity contribution in [1.29, 1.82) is 0 Å². The number of primary amides is 1. The molecule has 1 amide bonds. The van der Waals surface area contributed by atoms with Gasteiger partial charge in [-0.15, -0.1) is 0 Å². The van der Waals surface area contributed by atoms with Crippen molar-refractivity contribution in [2.24, 2.45) is 5.73 Å². The van der Waals surface area contributed by atoms with Crippen LogP contribution in [0.15, 0.2) is 24.5 Å². The summed E-state index contributed by atoms with van der Waals surface area (Å²) >= 11 is 0. The van der Waals surface area contributed by atoms with E-state index >= 15 is 0 Å². The van der Waals surface area contributed by atoms with Crippen LogP contribution in [0.4, 0.5) is 4.39 Å². The zero-order chi connectivity index (χ0) is 14.1. The fourth-order valence-electron chi connectivity index (χ4n) is 2.22. The number of pyridine rings is 1. The van der Waals surface area contributed by atoms with Gasteiger partial charge in [0, 0.05) is 19.6 Å². The van der Waals surface area contributed by atoms with Gasteiger partial charge in [0.25, 0.3) is 5.91 Å². The summed E-state index contributed by atoms with van der Waals surface area (Å²) < 4.78 is 19.8. The van der Waals surface area contributed by atoms with Crippen LogP contribution in [-0.2, 0) is 0 Å². The minimum absolute atomic E-state index is 0.381. The second kappa shape index (κ2) is 5.09. The summed E-state index contributed by atoms with van der Waals surface area (Å²) in [5.74, 6) is 0.140. The number of carbonyl (C=O) groups excluding carboxylic acids is 1. The van der Waals surface area contributed by atoms with Crippen LogP contribution < -0.4 is 10.5 Å². The van der Waals surface area contributed by atoms with E-state index in [4.69, 9.17) is 10.5 Å². The molecule has 7 heteroatoms. The van der Waals surface area contributed by atoms with Crippen LogP contribution >= 0.6 is 0 Å². The lowest BCUT2D eigenvalue weighted by atomic mass is 10.2. The molecule has 2 aromatic heterocycles. The molecule has 0 radical (unpaired) electrons. The highest BCUT2D eigenvalue weighted by Gasteiger charge is 2.25. The smallest absolute Gasteiger partial charge is 0.252 e. The molecule has 0 bridgehead atoms. The number of aromatic nitrogens is 2. The first-order valence-electron chi connectivity index (χ1n) is 6.40. The van der Waals surface area contributed by atoms with Gasteiger partial charge in [0.1, 0.15) is 18.5 Å². The summed E-state index contributed by atoms with van der Waals surface area (Å²) in [6, 6.07) is 3.50. The lowest BCUT2D eigenvalue weighted by molar-refractivity contribution is 0.0538. The Bertz CT molecular complexity index is 636. The second-order valence-corrected chi connectivity index (χ2v) is 4.82. The summed E-state index contributed by atoms with van der Waals surface area (Å²) in [5.41, 5.74) is 6.28. The number of halogens is 1. The lowest BCUT2D eigenvalue weighted by Crippen LogP contribution is -2.49. The van der Waals surface area contributed by atoms with Crippen LogP contribution in [0.2, 0.25) is 0 Å². The lowest BCUT2D eigenvalue weighted by Gasteiger charge is -2.33. The molecule has 1 saturated heterocycles. The van der Waals surface area contributed by atoms with Crippen molar-refractivity contribution in [3.05, 3.63) is 30.1 Å². The first-order valence-corrected chi connectivity index (χ1v) is 6.40. The molecule has 2 N–H and O–H groups in total. The van der Waals surface area contributed by atoms with Crippen LogP contribution in [0.5, 0.6) is 5.75 Å². The number of nitrogens with two attached hydrogens (primary N) is 1. The highest BCUT2D eigenvalue weighted by Crippen LogP contribution is 2.16. The molecular formula is C13H15FN4O2. The van der Waals surface area contributed by atoms with Crippen LogP contribution in [0, 0.1) is 0 Å². The SMILES string of the molecule is NC(=O)c1cnn2cc(OCCN3CC(F)C3)ccc12. The number of likely N-dealkylation sites (tertiary alicyclic amines) is 1. The monoisotopic (exact) mass is 278 g/mol. The van der Waals surface area contributed by atoms with Crippen molar-refractivity contribution in [3.63, 3.8) is 0 Å². The van der Waals surface area contributed by atoms with Crippen LogP contribution in [0.1, 0.15) is 10.4 Å². The van der Waals surface area contributed by atoms with Gasteiger partial charge in [0.2, 0.25) is 0 Å². The third kappa shape index (κ3) is 2.44. The van der Waals surface area contributed by atoms with E-state index in [0.717, 1.165) is 0 Å². The quantitative estimate of drug-likeness (QED) is 0.862. The van der Waals surface area contributed by atoms with Crippen molar-refractivity contribution in [2.75, 3.05) is 26.2 Å². The van der Waals surface area contributed by atoms with Gasteiger partial charge in [-0.25, -0.2) is 8.91 Å².